The lowest BCUT2D eigenvalue weighted by molar-refractivity contribution is 0.877. The molecule has 0 saturated carbocycles. The number of hydrogen-bond acceptors (Lipinski definition) is 5. The quantitative estimate of drug-likeness (QED) is 0.551. The van der Waals surface area contributed by atoms with E-state index in [9.17, 15) is 10.1 Å². The topological polar surface area (TPSA) is 87.4 Å². The van der Waals surface area contributed by atoms with Gasteiger partial charge in [-0.05, 0) is 28.3 Å². The van der Waals surface area contributed by atoms with E-state index < -0.39 is 5.56 Å². The Kier molecular flexibility index (Phi) is 4.32. The lowest BCUT2D eigenvalue weighted by atomic mass is 10.1. The largest absolute Gasteiger partial charge is 0.300 e. The SMILES string of the molecule is CSc1nc(-c2ccccc2-n2cc(Br)cn2)c(C#N)c(=O)[nH]1. The summed E-state index contributed by atoms with van der Waals surface area (Å²) in [5.74, 6) is 0. The normalized spacial score (nSPS) is 10.5. The van der Waals surface area contributed by atoms with Crippen LogP contribution in [0, 0.1) is 11.3 Å². The molecule has 0 spiro atoms. The van der Waals surface area contributed by atoms with Crippen molar-refractivity contribution in [2.24, 2.45) is 0 Å². The molecule has 0 aliphatic rings. The molecule has 0 bridgehead atoms. The van der Waals surface area contributed by atoms with Crippen LogP contribution in [0.2, 0.25) is 0 Å². The van der Waals surface area contributed by atoms with Crippen molar-refractivity contribution in [1.82, 2.24) is 19.7 Å². The number of halogens is 1. The first-order valence-corrected chi connectivity index (χ1v) is 8.54. The number of nitrogens with zero attached hydrogens (tertiary/aromatic N) is 4. The minimum atomic E-state index is -0.446. The molecule has 0 atom stereocenters. The third-order valence-electron chi connectivity index (χ3n) is 3.16. The van der Waals surface area contributed by atoms with Gasteiger partial charge in [-0.3, -0.25) is 4.79 Å². The standard InChI is InChI=1S/C15H10BrN5OS/c1-23-15-19-13(11(6-17)14(22)20-15)10-4-2-3-5-12(10)21-8-9(16)7-18-21/h2-5,7-8H,1H3,(H,19,20,22). The van der Waals surface area contributed by atoms with Crippen LogP contribution in [0.15, 0.2) is 51.1 Å². The highest BCUT2D eigenvalue weighted by Gasteiger charge is 2.17. The number of H-pyrrole nitrogens is 1. The molecular weight excluding hydrogens is 378 g/mol. The smallest absolute Gasteiger partial charge is 0.270 e. The Morgan fingerprint density at radius 1 is 1.39 bits per heavy atom. The molecule has 0 aliphatic heterocycles. The molecule has 0 amide bonds. The van der Waals surface area contributed by atoms with E-state index in [4.69, 9.17) is 0 Å². The summed E-state index contributed by atoms with van der Waals surface area (Å²) in [5, 5.41) is 14.1. The van der Waals surface area contributed by atoms with Crippen LogP contribution in [0.25, 0.3) is 16.9 Å². The van der Waals surface area contributed by atoms with E-state index in [0.29, 0.717) is 16.4 Å². The van der Waals surface area contributed by atoms with E-state index in [1.165, 1.54) is 11.8 Å². The summed E-state index contributed by atoms with van der Waals surface area (Å²) in [4.78, 5) is 19.1. The number of rotatable bonds is 3. The number of benzene rings is 1. The zero-order chi connectivity index (χ0) is 16.4. The van der Waals surface area contributed by atoms with Crippen LogP contribution in [0.5, 0.6) is 0 Å². The Morgan fingerprint density at radius 2 is 2.17 bits per heavy atom. The van der Waals surface area contributed by atoms with Crippen LogP contribution in [0.1, 0.15) is 5.56 Å². The molecule has 114 valence electrons. The molecule has 0 fully saturated rings. The number of aromatic nitrogens is 4. The van der Waals surface area contributed by atoms with Gasteiger partial charge < -0.3 is 4.98 Å². The van der Waals surface area contributed by atoms with Gasteiger partial charge in [0, 0.05) is 11.8 Å². The van der Waals surface area contributed by atoms with Crippen molar-refractivity contribution in [3.05, 3.63) is 57.0 Å². The Balaban J connectivity index is 2.30. The second-order valence-electron chi connectivity index (χ2n) is 4.53. The summed E-state index contributed by atoms with van der Waals surface area (Å²) in [6.45, 7) is 0. The molecular formula is C15H10BrN5OS. The first kappa shape index (κ1) is 15.5. The van der Waals surface area contributed by atoms with Crippen molar-refractivity contribution >= 4 is 27.7 Å². The second kappa shape index (κ2) is 6.40. The number of para-hydroxylation sites is 1. The fourth-order valence-corrected chi connectivity index (χ4v) is 2.82. The maximum Gasteiger partial charge on any atom is 0.270 e. The molecule has 0 saturated heterocycles. The maximum atomic E-state index is 12.1. The van der Waals surface area contributed by atoms with Crippen LogP contribution < -0.4 is 5.56 Å². The molecule has 3 rings (SSSR count). The average molecular weight is 388 g/mol. The Morgan fingerprint density at radius 3 is 2.83 bits per heavy atom. The van der Waals surface area contributed by atoms with Crippen LogP contribution >= 0.6 is 27.7 Å². The first-order chi connectivity index (χ1) is 11.1. The van der Waals surface area contributed by atoms with Gasteiger partial charge in [0.05, 0.1) is 22.1 Å². The second-order valence-corrected chi connectivity index (χ2v) is 6.24. The van der Waals surface area contributed by atoms with Crippen molar-refractivity contribution in [3.63, 3.8) is 0 Å². The highest BCUT2D eigenvalue weighted by atomic mass is 79.9. The Labute approximate surface area is 144 Å². The van der Waals surface area contributed by atoms with Crippen molar-refractivity contribution < 1.29 is 0 Å². The minimum Gasteiger partial charge on any atom is -0.300 e. The maximum absolute atomic E-state index is 12.1. The lowest BCUT2D eigenvalue weighted by Gasteiger charge is -2.10. The highest BCUT2D eigenvalue weighted by molar-refractivity contribution is 9.10. The number of thioether (sulfide) groups is 1. The predicted octanol–water partition coefficient (Wildman–Crippen LogP) is 2.98. The molecule has 0 radical (unpaired) electrons. The van der Waals surface area contributed by atoms with Gasteiger partial charge in [0.1, 0.15) is 11.6 Å². The predicted molar refractivity (Wildman–Crippen MR) is 91.6 cm³/mol. The van der Waals surface area contributed by atoms with Crippen LogP contribution in [-0.4, -0.2) is 26.0 Å². The van der Waals surface area contributed by atoms with E-state index in [2.05, 4.69) is 31.0 Å². The molecule has 6 nitrogen and oxygen atoms in total. The van der Waals surface area contributed by atoms with Gasteiger partial charge in [0.25, 0.3) is 5.56 Å². The van der Waals surface area contributed by atoms with E-state index in [0.717, 1.165) is 10.2 Å². The summed E-state index contributed by atoms with van der Waals surface area (Å²) >= 11 is 4.67. The van der Waals surface area contributed by atoms with E-state index in [1.54, 1.807) is 17.1 Å². The lowest BCUT2D eigenvalue weighted by Crippen LogP contribution is -2.15. The number of nitrogens with one attached hydrogen (secondary N) is 1. The Bertz CT molecular complexity index is 972. The molecule has 1 aromatic carbocycles. The fraction of sp³-hybridized carbons (Fsp3) is 0.0667. The van der Waals surface area contributed by atoms with Crippen LogP contribution in [-0.2, 0) is 0 Å². The van der Waals surface area contributed by atoms with E-state index in [1.807, 2.05) is 36.6 Å². The summed E-state index contributed by atoms with van der Waals surface area (Å²) < 4.78 is 2.50. The molecule has 23 heavy (non-hydrogen) atoms. The van der Waals surface area contributed by atoms with Gasteiger partial charge in [-0.1, -0.05) is 30.0 Å². The first-order valence-electron chi connectivity index (χ1n) is 6.52. The summed E-state index contributed by atoms with van der Waals surface area (Å²) in [6.07, 6.45) is 5.28. The molecule has 3 aromatic rings. The van der Waals surface area contributed by atoms with Crippen molar-refractivity contribution in [3.8, 4) is 23.0 Å². The van der Waals surface area contributed by atoms with Gasteiger partial charge >= 0.3 is 0 Å². The highest BCUT2D eigenvalue weighted by Crippen LogP contribution is 2.27. The molecule has 2 heterocycles. The van der Waals surface area contributed by atoms with Gasteiger partial charge in [-0.2, -0.15) is 10.4 Å². The zero-order valence-corrected chi connectivity index (χ0v) is 14.3. The number of hydrogen-bond donors (Lipinski definition) is 1. The molecule has 1 N–H and O–H groups in total. The van der Waals surface area contributed by atoms with Gasteiger partial charge in [-0.15, -0.1) is 0 Å². The van der Waals surface area contributed by atoms with E-state index in [-0.39, 0.29) is 5.56 Å². The minimum absolute atomic E-state index is 0.0125. The Hall–Kier alpha value is -2.37. The van der Waals surface area contributed by atoms with Crippen molar-refractivity contribution in [2.75, 3.05) is 6.26 Å². The molecule has 8 heteroatoms. The van der Waals surface area contributed by atoms with Gasteiger partial charge in [0.2, 0.25) is 0 Å². The molecule has 0 aliphatic carbocycles. The molecule has 0 unspecified atom stereocenters. The fourth-order valence-electron chi connectivity index (χ4n) is 2.15. The van der Waals surface area contributed by atoms with Crippen molar-refractivity contribution in [1.29, 1.82) is 5.26 Å². The number of aromatic amines is 1. The van der Waals surface area contributed by atoms with Gasteiger partial charge in [-0.25, -0.2) is 9.67 Å². The molecule has 2 aromatic heterocycles. The summed E-state index contributed by atoms with van der Waals surface area (Å²) in [7, 11) is 0. The third-order valence-corrected chi connectivity index (χ3v) is 4.15. The summed E-state index contributed by atoms with van der Waals surface area (Å²) in [5.41, 5.74) is 1.29. The average Bonchev–Trinajstić information content (AvgIpc) is 3.00. The summed E-state index contributed by atoms with van der Waals surface area (Å²) in [6, 6.07) is 9.32. The van der Waals surface area contributed by atoms with E-state index >= 15 is 0 Å². The monoisotopic (exact) mass is 387 g/mol. The number of nitriles is 1. The zero-order valence-electron chi connectivity index (χ0n) is 11.9. The third kappa shape index (κ3) is 2.93. The van der Waals surface area contributed by atoms with Crippen LogP contribution in [0.4, 0.5) is 0 Å². The van der Waals surface area contributed by atoms with Crippen molar-refractivity contribution in [2.45, 2.75) is 5.16 Å². The van der Waals surface area contributed by atoms with Crippen LogP contribution in [0.3, 0.4) is 0 Å². The van der Waals surface area contributed by atoms with Gasteiger partial charge in [0.15, 0.2) is 5.16 Å².